The van der Waals surface area contributed by atoms with Gasteiger partial charge in [0.1, 0.15) is 5.78 Å². The molecule has 1 unspecified atom stereocenters. The average Bonchev–Trinajstić information content (AvgIpc) is 2.32. The Bertz CT molecular complexity index is 582. The number of carbonyl (C=O) groups is 1. The third-order valence-electron chi connectivity index (χ3n) is 2.71. The lowest BCUT2D eigenvalue weighted by molar-refractivity contribution is -0.143. The molecule has 1 atom stereocenters. The van der Waals surface area contributed by atoms with E-state index in [1.807, 2.05) is 0 Å². The smallest absolute Gasteiger partial charge is 0.300 e. The summed E-state index contributed by atoms with van der Waals surface area (Å²) in [6, 6.07) is 2.54. The highest BCUT2D eigenvalue weighted by Gasteiger charge is 2.39. The molecule has 0 heterocycles. The molecule has 8 heteroatoms. The Labute approximate surface area is 116 Å². The highest BCUT2D eigenvalue weighted by Crippen LogP contribution is 2.40. The SMILES string of the molecule is CC(=O)CC(C#N)c1ccc(C(F)(F)F)cc1C(F)(F)F. The van der Waals surface area contributed by atoms with E-state index in [1.165, 1.54) is 6.07 Å². The van der Waals surface area contributed by atoms with Gasteiger partial charge in [0.2, 0.25) is 0 Å². The zero-order valence-corrected chi connectivity index (χ0v) is 10.6. The summed E-state index contributed by atoms with van der Waals surface area (Å²) in [5, 5.41) is 8.86. The maximum Gasteiger partial charge on any atom is 0.416 e. The quantitative estimate of drug-likeness (QED) is 0.781. The van der Waals surface area contributed by atoms with Crippen molar-refractivity contribution < 1.29 is 31.1 Å². The van der Waals surface area contributed by atoms with E-state index in [4.69, 9.17) is 5.26 Å². The van der Waals surface area contributed by atoms with Crippen molar-refractivity contribution in [3.8, 4) is 6.07 Å². The van der Waals surface area contributed by atoms with Gasteiger partial charge < -0.3 is 0 Å². The summed E-state index contributed by atoms with van der Waals surface area (Å²) in [7, 11) is 0. The van der Waals surface area contributed by atoms with Crippen molar-refractivity contribution in [2.45, 2.75) is 31.6 Å². The minimum Gasteiger partial charge on any atom is -0.300 e. The summed E-state index contributed by atoms with van der Waals surface area (Å²) in [6.07, 6.45) is -10.5. The van der Waals surface area contributed by atoms with Crippen LogP contribution in [-0.2, 0) is 17.1 Å². The van der Waals surface area contributed by atoms with Crippen molar-refractivity contribution in [2.24, 2.45) is 0 Å². The second-order valence-electron chi connectivity index (χ2n) is 4.39. The average molecular weight is 309 g/mol. The Morgan fingerprint density at radius 2 is 1.76 bits per heavy atom. The minimum absolute atomic E-state index is 0.0419. The van der Waals surface area contributed by atoms with Crippen LogP contribution in [-0.4, -0.2) is 5.78 Å². The monoisotopic (exact) mass is 309 g/mol. The van der Waals surface area contributed by atoms with Gasteiger partial charge in [0, 0.05) is 6.42 Å². The molecule has 1 rings (SSSR count). The standard InChI is InChI=1S/C13H9F6NO/c1-7(21)4-8(6-20)10-3-2-9(12(14,15)16)5-11(10)13(17,18)19/h2-3,5,8H,4H2,1H3. The van der Waals surface area contributed by atoms with Crippen LogP contribution in [0.4, 0.5) is 26.3 Å². The van der Waals surface area contributed by atoms with Crippen molar-refractivity contribution in [3.05, 3.63) is 34.9 Å². The highest BCUT2D eigenvalue weighted by atomic mass is 19.4. The fraction of sp³-hybridized carbons (Fsp3) is 0.385. The van der Waals surface area contributed by atoms with Crippen LogP contribution in [0, 0.1) is 11.3 Å². The summed E-state index contributed by atoms with van der Waals surface area (Å²) in [4.78, 5) is 11.0. The molecule has 0 fully saturated rings. The van der Waals surface area contributed by atoms with Crippen LogP contribution in [0.25, 0.3) is 0 Å². The van der Waals surface area contributed by atoms with Gasteiger partial charge in [-0.05, 0) is 24.6 Å². The Balaban J connectivity index is 3.46. The first-order valence-corrected chi connectivity index (χ1v) is 5.64. The van der Waals surface area contributed by atoms with Gasteiger partial charge in [0.15, 0.2) is 0 Å². The van der Waals surface area contributed by atoms with Crippen molar-refractivity contribution >= 4 is 5.78 Å². The third-order valence-corrected chi connectivity index (χ3v) is 2.71. The largest absolute Gasteiger partial charge is 0.416 e. The van der Waals surface area contributed by atoms with Gasteiger partial charge in [-0.25, -0.2) is 0 Å². The number of hydrogen-bond acceptors (Lipinski definition) is 2. The molecule has 2 nitrogen and oxygen atoms in total. The molecule has 0 aliphatic carbocycles. The van der Waals surface area contributed by atoms with Crippen LogP contribution in [0.15, 0.2) is 18.2 Å². The summed E-state index contributed by atoms with van der Waals surface area (Å²) >= 11 is 0. The Morgan fingerprint density at radius 1 is 1.19 bits per heavy atom. The molecule has 0 aromatic heterocycles. The van der Waals surface area contributed by atoms with E-state index in [0.29, 0.717) is 12.1 Å². The molecule has 0 saturated carbocycles. The van der Waals surface area contributed by atoms with Crippen molar-refractivity contribution in [2.75, 3.05) is 0 Å². The van der Waals surface area contributed by atoms with Crippen LogP contribution in [0.1, 0.15) is 36.0 Å². The highest BCUT2D eigenvalue weighted by molar-refractivity contribution is 5.77. The zero-order chi connectivity index (χ0) is 16.4. The van der Waals surface area contributed by atoms with Crippen LogP contribution < -0.4 is 0 Å². The molecule has 0 aliphatic rings. The number of hydrogen-bond donors (Lipinski definition) is 0. The van der Waals surface area contributed by atoms with E-state index in [-0.39, 0.29) is 6.07 Å². The van der Waals surface area contributed by atoms with Gasteiger partial charge in [-0.15, -0.1) is 0 Å². The van der Waals surface area contributed by atoms with Crippen LogP contribution >= 0.6 is 0 Å². The lowest BCUT2D eigenvalue weighted by Gasteiger charge is -2.18. The normalized spacial score (nSPS) is 13.6. The Kier molecular flexibility index (Phi) is 4.66. The second-order valence-corrected chi connectivity index (χ2v) is 4.39. The van der Waals surface area contributed by atoms with Crippen molar-refractivity contribution in [1.29, 1.82) is 5.26 Å². The maximum absolute atomic E-state index is 12.9. The van der Waals surface area contributed by atoms with Gasteiger partial charge >= 0.3 is 12.4 Å². The molecule has 114 valence electrons. The summed E-state index contributed by atoms with van der Waals surface area (Å²) in [5.41, 5.74) is -3.64. The number of Topliss-reactive ketones (excluding diaryl/α,β-unsaturated/α-hetero) is 1. The zero-order valence-electron chi connectivity index (χ0n) is 10.6. The molecule has 21 heavy (non-hydrogen) atoms. The molecule has 0 aliphatic heterocycles. The summed E-state index contributed by atoms with van der Waals surface area (Å²) in [5.74, 6) is -1.98. The topological polar surface area (TPSA) is 40.9 Å². The van der Waals surface area contributed by atoms with Crippen molar-refractivity contribution in [1.82, 2.24) is 0 Å². The second kappa shape index (κ2) is 5.76. The van der Waals surface area contributed by atoms with E-state index in [9.17, 15) is 31.1 Å². The molecular weight excluding hydrogens is 300 g/mol. The van der Waals surface area contributed by atoms with Crippen LogP contribution in [0.5, 0.6) is 0 Å². The van der Waals surface area contributed by atoms with Crippen molar-refractivity contribution in [3.63, 3.8) is 0 Å². The molecular formula is C13H9F6NO. The molecule has 1 aromatic rings. The van der Waals surface area contributed by atoms with Gasteiger partial charge in [-0.3, -0.25) is 4.79 Å². The number of nitrogens with zero attached hydrogens (tertiary/aromatic N) is 1. The molecule has 0 N–H and O–H groups in total. The lowest BCUT2D eigenvalue weighted by atomic mass is 9.90. The summed E-state index contributed by atoms with van der Waals surface area (Å²) in [6.45, 7) is 1.09. The van der Waals surface area contributed by atoms with E-state index < -0.39 is 47.2 Å². The molecule has 0 saturated heterocycles. The first-order valence-electron chi connectivity index (χ1n) is 5.64. The number of carbonyl (C=O) groups excluding carboxylic acids is 1. The fourth-order valence-corrected chi connectivity index (χ4v) is 1.79. The lowest BCUT2D eigenvalue weighted by Crippen LogP contribution is -2.16. The molecule has 0 amide bonds. The first kappa shape index (κ1) is 17.0. The number of halogens is 6. The van der Waals surface area contributed by atoms with E-state index in [2.05, 4.69) is 0 Å². The predicted octanol–water partition coefficient (Wildman–Crippen LogP) is 4.31. The third kappa shape index (κ3) is 4.21. The summed E-state index contributed by atoms with van der Waals surface area (Å²) < 4.78 is 76.2. The maximum atomic E-state index is 12.9. The number of nitriles is 1. The van der Waals surface area contributed by atoms with E-state index in [0.717, 1.165) is 6.92 Å². The molecule has 0 bridgehead atoms. The van der Waals surface area contributed by atoms with Gasteiger partial charge in [-0.1, -0.05) is 6.07 Å². The number of benzene rings is 1. The molecule has 0 radical (unpaired) electrons. The molecule has 0 spiro atoms. The predicted molar refractivity (Wildman–Crippen MR) is 60.1 cm³/mol. The van der Waals surface area contributed by atoms with E-state index in [1.54, 1.807) is 0 Å². The number of ketones is 1. The number of alkyl halides is 6. The molecule has 1 aromatic carbocycles. The van der Waals surface area contributed by atoms with E-state index >= 15 is 0 Å². The van der Waals surface area contributed by atoms with Gasteiger partial charge in [0.05, 0.1) is 23.1 Å². The minimum atomic E-state index is -5.05. The van der Waals surface area contributed by atoms with Crippen LogP contribution in [0.2, 0.25) is 0 Å². The van der Waals surface area contributed by atoms with Gasteiger partial charge in [-0.2, -0.15) is 31.6 Å². The van der Waals surface area contributed by atoms with Gasteiger partial charge in [0.25, 0.3) is 0 Å². The Hall–Kier alpha value is -2.04. The Morgan fingerprint density at radius 3 is 2.14 bits per heavy atom. The fourth-order valence-electron chi connectivity index (χ4n) is 1.79. The first-order chi connectivity index (χ1) is 9.46. The number of rotatable bonds is 3. The van der Waals surface area contributed by atoms with Crippen LogP contribution in [0.3, 0.4) is 0 Å².